The van der Waals surface area contributed by atoms with E-state index in [1.807, 2.05) is 60.7 Å². The maximum absolute atomic E-state index is 12.2. The molecule has 8 rings (SSSR count). The van der Waals surface area contributed by atoms with Crippen LogP contribution in [0.5, 0.6) is 23.0 Å². The van der Waals surface area contributed by atoms with Crippen molar-refractivity contribution in [3.05, 3.63) is 239 Å². The molecule has 2 amide bonds. The summed E-state index contributed by atoms with van der Waals surface area (Å²) in [5.74, 6) is 1.17. The summed E-state index contributed by atoms with van der Waals surface area (Å²) in [5, 5.41) is 44.0. The normalized spacial score (nSPS) is 11.9. The predicted molar refractivity (Wildman–Crippen MR) is 333 cm³/mol. The highest BCUT2D eigenvalue weighted by Gasteiger charge is 2.19. The van der Waals surface area contributed by atoms with Crippen LogP contribution in [0.2, 0.25) is 0 Å². The number of amides is 2. The molecule has 80 heavy (non-hydrogen) atoms. The quantitative estimate of drug-likeness (QED) is 0.0417. The standard InChI is InChI=1S/C18H21NO2.C18H21NO.C17H19NO2.C17H19NO/c1-4-18(2,3)14-11-9-13(10-12-14)17(21)19-15-7-5-6-8-16(15)20;1-4-18(2,3)15-11-9-14(10-12-15)13-19-16-7-5-6-8-17(16)20;1-3-12(2)13-8-10-14(11-9-13)17(20)18-15-6-4-5-7-16(15)19;1-3-13(2)15-10-8-14(9-11-15)12-18-16-6-4-5-7-17(16)19/h5-12,20H,4H2,1-3H3,(H,19,21);5-13,20H,4H2,1-3H3;4-12,19H,3H2,1-2H3,(H,18,20);4-13,19H,3H2,1-2H3. The Bertz CT molecular complexity index is 3260. The van der Waals surface area contributed by atoms with E-state index in [2.05, 4.69) is 138 Å². The van der Waals surface area contributed by atoms with Gasteiger partial charge < -0.3 is 31.1 Å². The average Bonchev–Trinajstić information content (AvgIpc) is 3.48. The topological polar surface area (TPSA) is 164 Å². The van der Waals surface area contributed by atoms with E-state index in [0.29, 0.717) is 45.7 Å². The second kappa shape index (κ2) is 30.4. The molecule has 0 bridgehead atoms. The van der Waals surface area contributed by atoms with Crippen LogP contribution >= 0.6 is 0 Å². The van der Waals surface area contributed by atoms with Crippen LogP contribution in [-0.4, -0.2) is 44.7 Å². The Kier molecular flexibility index (Phi) is 23.6. The monoisotopic (exact) mass is 1070 g/mol. The first-order valence-electron chi connectivity index (χ1n) is 27.5. The van der Waals surface area contributed by atoms with Crippen LogP contribution in [0.25, 0.3) is 0 Å². The van der Waals surface area contributed by atoms with Crippen LogP contribution in [0.3, 0.4) is 0 Å². The molecule has 6 N–H and O–H groups in total. The van der Waals surface area contributed by atoms with Crippen LogP contribution in [0.15, 0.2) is 204 Å². The number of rotatable bonds is 16. The average molecular weight is 1070 g/mol. The van der Waals surface area contributed by atoms with E-state index in [-0.39, 0.29) is 45.6 Å². The Morgan fingerprint density at radius 3 is 1.06 bits per heavy atom. The number of aromatic hydroxyl groups is 4. The number of phenolic OH excluding ortho intramolecular Hbond substituents is 4. The van der Waals surface area contributed by atoms with Gasteiger partial charge in [-0.3, -0.25) is 19.6 Å². The van der Waals surface area contributed by atoms with Crippen molar-refractivity contribution < 1.29 is 30.0 Å². The van der Waals surface area contributed by atoms with Gasteiger partial charge >= 0.3 is 0 Å². The van der Waals surface area contributed by atoms with Crippen LogP contribution in [0.4, 0.5) is 22.7 Å². The van der Waals surface area contributed by atoms with Crippen molar-refractivity contribution in [3.8, 4) is 23.0 Å². The number of hydrogen-bond acceptors (Lipinski definition) is 8. The molecule has 10 nitrogen and oxygen atoms in total. The molecule has 416 valence electrons. The highest BCUT2D eigenvalue weighted by molar-refractivity contribution is 6.05. The molecule has 2 atom stereocenters. The Morgan fingerprint density at radius 1 is 0.425 bits per heavy atom. The predicted octanol–water partition coefficient (Wildman–Crippen LogP) is 18.0. The largest absolute Gasteiger partial charge is 0.506 e. The molecule has 0 radical (unpaired) electrons. The van der Waals surface area contributed by atoms with Crippen molar-refractivity contribution in [1.82, 2.24) is 0 Å². The van der Waals surface area contributed by atoms with Crippen molar-refractivity contribution in [2.24, 2.45) is 9.98 Å². The molecule has 2 unspecified atom stereocenters. The highest BCUT2D eigenvalue weighted by atomic mass is 16.3. The van der Waals surface area contributed by atoms with Gasteiger partial charge in [0.25, 0.3) is 11.8 Å². The number of hydrogen-bond donors (Lipinski definition) is 6. The highest BCUT2D eigenvalue weighted by Crippen LogP contribution is 2.31. The molecule has 0 aliphatic carbocycles. The second-order valence-electron chi connectivity index (χ2n) is 21.0. The molecule has 0 aliphatic rings. The first-order chi connectivity index (χ1) is 38.3. The van der Waals surface area contributed by atoms with E-state index < -0.39 is 0 Å². The number of nitrogens with one attached hydrogen (secondary N) is 2. The zero-order valence-electron chi connectivity index (χ0n) is 48.1. The molecule has 8 aromatic rings. The summed E-state index contributed by atoms with van der Waals surface area (Å²) in [6.07, 6.45) is 7.91. The fourth-order valence-electron chi connectivity index (χ4n) is 7.83. The molecule has 0 saturated heterocycles. The number of aliphatic imine (C=N–C) groups is 2. The number of phenols is 4. The van der Waals surface area contributed by atoms with E-state index >= 15 is 0 Å². The van der Waals surface area contributed by atoms with Crippen LogP contribution in [0, 0.1) is 0 Å². The molecule has 0 aromatic heterocycles. The summed E-state index contributed by atoms with van der Waals surface area (Å²) in [7, 11) is 0. The lowest BCUT2D eigenvalue weighted by Crippen LogP contribution is -2.16. The molecule has 0 fully saturated rings. The number of para-hydroxylation sites is 8. The maximum atomic E-state index is 12.2. The zero-order valence-corrected chi connectivity index (χ0v) is 48.1. The van der Waals surface area contributed by atoms with Gasteiger partial charge in [-0.1, -0.05) is 191 Å². The van der Waals surface area contributed by atoms with Crippen molar-refractivity contribution in [3.63, 3.8) is 0 Å². The van der Waals surface area contributed by atoms with Crippen molar-refractivity contribution in [2.75, 3.05) is 10.6 Å². The third-order valence-corrected chi connectivity index (χ3v) is 14.6. The third kappa shape index (κ3) is 18.7. The number of benzene rings is 8. The molecular formula is C70H80N4O6. The summed E-state index contributed by atoms with van der Waals surface area (Å²) in [5.41, 5.74) is 10.7. The van der Waals surface area contributed by atoms with Gasteiger partial charge in [-0.05, 0) is 155 Å². The summed E-state index contributed by atoms with van der Waals surface area (Å²) >= 11 is 0. The third-order valence-electron chi connectivity index (χ3n) is 14.6. The molecule has 0 heterocycles. The van der Waals surface area contributed by atoms with Gasteiger partial charge in [-0.15, -0.1) is 0 Å². The fourth-order valence-corrected chi connectivity index (χ4v) is 7.83. The molecule has 0 spiro atoms. The van der Waals surface area contributed by atoms with E-state index in [9.17, 15) is 30.0 Å². The Labute approximate surface area is 474 Å². The summed E-state index contributed by atoms with van der Waals surface area (Å²) in [4.78, 5) is 32.9. The van der Waals surface area contributed by atoms with Crippen LogP contribution in [0.1, 0.15) is 161 Å². The lowest BCUT2D eigenvalue weighted by atomic mass is 9.82. The maximum Gasteiger partial charge on any atom is 0.255 e. The summed E-state index contributed by atoms with van der Waals surface area (Å²) < 4.78 is 0. The summed E-state index contributed by atoms with van der Waals surface area (Å²) in [6, 6.07) is 59.6. The van der Waals surface area contributed by atoms with Gasteiger partial charge in [0.2, 0.25) is 0 Å². The Balaban J connectivity index is 0.000000196. The van der Waals surface area contributed by atoms with Gasteiger partial charge in [-0.25, -0.2) is 0 Å². The van der Waals surface area contributed by atoms with Gasteiger partial charge in [0, 0.05) is 23.6 Å². The summed E-state index contributed by atoms with van der Waals surface area (Å²) in [6.45, 7) is 21.9. The Morgan fingerprint density at radius 2 is 0.725 bits per heavy atom. The molecule has 0 aliphatic heterocycles. The smallest absolute Gasteiger partial charge is 0.255 e. The van der Waals surface area contributed by atoms with E-state index in [4.69, 9.17) is 0 Å². The molecule has 8 aromatic carbocycles. The van der Waals surface area contributed by atoms with Crippen LogP contribution < -0.4 is 10.6 Å². The first-order valence-corrected chi connectivity index (χ1v) is 27.5. The van der Waals surface area contributed by atoms with E-state index in [1.165, 1.54) is 22.3 Å². The lowest BCUT2D eigenvalue weighted by Gasteiger charge is -2.23. The zero-order chi connectivity index (χ0) is 58.2. The second-order valence-corrected chi connectivity index (χ2v) is 21.0. The number of anilines is 2. The molecule has 0 saturated carbocycles. The SMILES string of the molecule is CCC(C)(C)c1ccc(C(=O)Nc2ccccc2O)cc1.CCC(C)(C)c1ccc(C=Nc2ccccc2O)cc1.CCC(C)c1ccc(C(=O)Nc2ccccc2O)cc1.CCC(C)c1ccc(C=Nc2ccccc2O)cc1. The first kappa shape index (κ1) is 62.1. The minimum atomic E-state index is -0.225. The van der Waals surface area contributed by atoms with Gasteiger partial charge in [0.05, 0.1) is 11.4 Å². The fraction of sp³-hybridized carbons (Fsp3) is 0.257. The van der Waals surface area contributed by atoms with Crippen molar-refractivity contribution >= 4 is 47.0 Å². The Hall–Kier alpha value is -8.76. The van der Waals surface area contributed by atoms with Crippen molar-refractivity contribution in [2.45, 2.75) is 118 Å². The lowest BCUT2D eigenvalue weighted by molar-refractivity contribution is 0.101. The van der Waals surface area contributed by atoms with Crippen LogP contribution in [-0.2, 0) is 10.8 Å². The van der Waals surface area contributed by atoms with E-state index in [0.717, 1.165) is 36.8 Å². The number of nitrogens with zero attached hydrogens (tertiary/aromatic N) is 2. The van der Waals surface area contributed by atoms with Crippen molar-refractivity contribution in [1.29, 1.82) is 0 Å². The van der Waals surface area contributed by atoms with Gasteiger partial charge in [-0.2, -0.15) is 0 Å². The molecular weight excluding hydrogens is 993 g/mol. The number of carbonyl (C=O) groups is 2. The minimum absolute atomic E-state index is 0.0644. The number of carbonyl (C=O) groups excluding carboxylic acids is 2. The van der Waals surface area contributed by atoms with Gasteiger partial charge in [0.1, 0.15) is 34.4 Å². The van der Waals surface area contributed by atoms with Gasteiger partial charge in [0.15, 0.2) is 0 Å². The molecule has 10 heteroatoms. The van der Waals surface area contributed by atoms with E-state index in [1.54, 1.807) is 97.4 Å². The minimum Gasteiger partial charge on any atom is -0.506 e.